The van der Waals surface area contributed by atoms with Crippen molar-refractivity contribution in [1.82, 2.24) is 10.2 Å². The lowest BCUT2D eigenvalue weighted by atomic mass is 10.1. The largest absolute Gasteiger partial charge is 0.357 e. The van der Waals surface area contributed by atoms with Crippen molar-refractivity contribution in [3.05, 3.63) is 69.7 Å². The number of halogens is 2. The van der Waals surface area contributed by atoms with Crippen molar-refractivity contribution in [1.29, 1.82) is 0 Å². The van der Waals surface area contributed by atoms with Gasteiger partial charge in [0.15, 0.2) is 0 Å². The monoisotopic (exact) mass is 438 g/mol. The molecule has 0 aliphatic heterocycles. The molecule has 0 aliphatic rings. The molecule has 4 nitrogen and oxygen atoms in total. The third-order valence-corrected chi connectivity index (χ3v) is 5.95. The summed E-state index contributed by atoms with van der Waals surface area (Å²) >= 11 is 13.7. The fraction of sp³-hybridized carbons (Fsp3) is 0.333. The van der Waals surface area contributed by atoms with Gasteiger partial charge in [0.2, 0.25) is 11.8 Å². The van der Waals surface area contributed by atoms with Crippen LogP contribution < -0.4 is 5.32 Å². The molecule has 28 heavy (non-hydrogen) atoms. The van der Waals surface area contributed by atoms with Gasteiger partial charge in [-0.05, 0) is 35.7 Å². The van der Waals surface area contributed by atoms with Gasteiger partial charge in [0, 0.05) is 29.4 Å². The molecule has 0 fully saturated rings. The number of hydrogen-bond acceptors (Lipinski definition) is 3. The molecule has 150 valence electrons. The SMILES string of the molecule is CC[C@@H](C(=O)NC)N(Cc1ccccc1Cl)C(=O)CSCc1ccc(Cl)cc1. The highest BCUT2D eigenvalue weighted by Crippen LogP contribution is 2.21. The highest BCUT2D eigenvalue weighted by molar-refractivity contribution is 7.99. The summed E-state index contributed by atoms with van der Waals surface area (Å²) in [5.41, 5.74) is 1.92. The third-order valence-electron chi connectivity index (χ3n) is 4.34. The maximum atomic E-state index is 13.0. The van der Waals surface area contributed by atoms with Crippen molar-refractivity contribution < 1.29 is 9.59 Å². The van der Waals surface area contributed by atoms with Crippen LogP contribution in [-0.2, 0) is 21.9 Å². The van der Waals surface area contributed by atoms with E-state index in [1.807, 2.05) is 49.4 Å². The van der Waals surface area contributed by atoms with Crippen LogP contribution in [0.15, 0.2) is 48.5 Å². The molecular weight excluding hydrogens is 415 g/mol. The standard InChI is InChI=1S/C21H24Cl2N2O2S/c1-3-19(21(27)24-2)25(12-16-6-4-5-7-18(16)23)20(26)14-28-13-15-8-10-17(22)11-9-15/h4-11,19H,3,12-14H2,1-2H3,(H,24,27)/t19-/m0/s1. The van der Waals surface area contributed by atoms with Crippen LogP contribution >= 0.6 is 35.0 Å². The van der Waals surface area contributed by atoms with E-state index in [0.29, 0.717) is 28.8 Å². The van der Waals surface area contributed by atoms with E-state index >= 15 is 0 Å². The van der Waals surface area contributed by atoms with Crippen LogP contribution in [-0.4, -0.2) is 35.6 Å². The first-order valence-corrected chi connectivity index (χ1v) is 10.9. The van der Waals surface area contributed by atoms with Crippen molar-refractivity contribution in [2.75, 3.05) is 12.8 Å². The second-order valence-corrected chi connectivity index (χ2v) is 8.10. The van der Waals surface area contributed by atoms with Crippen LogP contribution in [0.3, 0.4) is 0 Å². The Morgan fingerprint density at radius 3 is 2.39 bits per heavy atom. The van der Waals surface area contributed by atoms with E-state index in [1.54, 1.807) is 18.0 Å². The summed E-state index contributed by atoms with van der Waals surface area (Å²) in [5, 5.41) is 3.93. The Morgan fingerprint density at radius 2 is 1.79 bits per heavy atom. The molecule has 0 radical (unpaired) electrons. The molecule has 0 bridgehead atoms. The predicted octanol–water partition coefficient (Wildman–Crippen LogP) is 4.78. The minimum atomic E-state index is -0.537. The molecular formula is C21H24Cl2N2O2S. The number of benzene rings is 2. The van der Waals surface area contributed by atoms with Gasteiger partial charge in [-0.1, -0.05) is 60.5 Å². The van der Waals surface area contributed by atoms with Crippen molar-refractivity contribution in [3.8, 4) is 0 Å². The van der Waals surface area contributed by atoms with E-state index in [9.17, 15) is 9.59 Å². The quantitative estimate of drug-likeness (QED) is 0.612. The van der Waals surface area contributed by atoms with Crippen LogP contribution in [0.4, 0.5) is 0 Å². The molecule has 0 saturated carbocycles. The molecule has 0 aliphatic carbocycles. The fourth-order valence-electron chi connectivity index (χ4n) is 2.82. The van der Waals surface area contributed by atoms with Gasteiger partial charge in [0.05, 0.1) is 5.75 Å². The van der Waals surface area contributed by atoms with Gasteiger partial charge in [-0.25, -0.2) is 0 Å². The lowest BCUT2D eigenvalue weighted by molar-refractivity contribution is -0.139. The molecule has 2 amide bonds. The zero-order valence-electron chi connectivity index (χ0n) is 16.0. The molecule has 0 aromatic heterocycles. The predicted molar refractivity (Wildman–Crippen MR) is 118 cm³/mol. The Hall–Kier alpha value is -1.69. The van der Waals surface area contributed by atoms with Crippen LogP contribution in [0.2, 0.25) is 10.0 Å². The Labute approximate surface area is 180 Å². The fourth-order valence-corrected chi connectivity index (χ4v) is 4.01. The number of carbonyl (C=O) groups is 2. The van der Waals surface area contributed by atoms with Crippen molar-refractivity contribution in [3.63, 3.8) is 0 Å². The lowest BCUT2D eigenvalue weighted by Crippen LogP contribution is -2.48. The van der Waals surface area contributed by atoms with E-state index in [0.717, 1.165) is 11.1 Å². The van der Waals surface area contributed by atoms with Gasteiger partial charge in [-0.2, -0.15) is 0 Å². The highest BCUT2D eigenvalue weighted by atomic mass is 35.5. The van der Waals surface area contributed by atoms with Crippen LogP contribution in [0.1, 0.15) is 24.5 Å². The summed E-state index contributed by atoms with van der Waals surface area (Å²) in [6, 6.07) is 14.4. The molecule has 1 N–H and O–H groups in total. The summed E-state index contributed by atoms with van der Waals surface area (Å²) in [6.45, 7) is 2.19. The normalized spacial score (nSPS) is 11.7. The van der Waals surface area contributed by atoms with Crippen molar-refractivity contribution in [2.45, 2.75) is 31.7 Å². The van der Waals surface area contributed by atoms with Crippen molar-refractivity contribution in [2.24, 2.45) is 0 Å². The van der Waals surface area contributed by atoms with E-state index in [-0.39, 0.29) is 17.6 Å². The Balaban J connectivity index is 2.10. The summed E-state index contributed by atoms with van der Waals surface area (Å²) < 4.78 is 0. The molecule has 1 atom stereocenters. The maximum absolute atomic E-state index is 13.0. The van der Waals surface area contributed by atoms with Crippen LogP contribution in [0, 0.1) is 0 Å². The summed E-state index contributed by atoms with van der Waals surface area (Å²) in [7, 11) is 1.58. The molecule has 0 heterocycles. The summed E-state index contributed by atoms with van der Waals surface area (Å²) in [6.07, 6.45) is 0.526. The minimum absolute atomic E-state index is 0.0886. The Morgan fingerprint density at radius 1 is 1.11 bits per heavy atom. The molecule has 2 aromatic rings. The number of nitrogens with zero attached hydrogens (tertiary/aromatic N) is 1. The van der Waals surface area contributed by atoms with E-state index in [1.165, 1.54) is 11.8 Å². The summed E-state index contributed by atoms with van der Waals surface area (Å²) in [4.78, 5) is 26.9. The molecule has 0 spiro atoms. The number of carbonyl (C=O) groups excluding carboxylic acids is 2. The Bertz CT molecular complexity index is 799. The second kappa shape index (κ2) is 11.3. The zero-order valence-corrected chi connectivity index (χ0v) is 18.3. The first kappa shape index (κ1) is 22.6. The van der Waals surface area contributed by atoms with Gasteiger partial charge in [-0.15, -0.1) is 11.8 Å². The summed E-state index contributed by atoms with van der Waals surface area (Å²) in [5.74, 6) is 0.708. The van der Waals surface area contributed by atoms with E-state index in [2.05, 4.69) is 5.32 Å². The Kier molecular flexibility index (Phi) is 9.16. The van der Waals surface area contributed by atoms with Gasteiger partial charge in [0.1, 0.15) is 6.04 Å². The first-order chi connectivity index (χ1) is 13.5. The molecule has 0 saturated heterocycles. The number of amides is 2. The van der Waals surface area contributed by atoms with Gasteiger partial charge in [-0.3, -0.25) is 9.59 Å². The van der Waals surface area contributed by atoms with Gasteiger partial charge >= 0.3 is 0 Å². The van der Waals surface area contributed by atoms with Crippen molar-refractivity contribution >= 4 is 46.8 Å². The molecule has 7 heteroatoms. The number of rotatable bonds is 9. The van der Waals surface area contributed by atoms with Gasteiger partial charge in [0.25, 0.3) is 0 Å². The third kappa shape index (κ3) is 6.43. The molecule has 2 rings (SSSR count). The minimum Gasteiger partial charge on any atom is -0.357 e. The second-order valence-electron chi connectivity index (χ2n) is 6.27. The zero-order chi connectivity index (χ0) is 20.5. The van der Waals surface area contributed by atoms with Gasteiger partial charge < -0.3 is 10.2 Å². The van der Waals surface area contributed by atoms with Crippen LogP contribution in [0.5, 0.6) is 0 Å². The smallest absolute Gasteiger partial charge is 0.242 e. The van der Waals surface area contributed by atoms with Crippen LogP contribution in [0.25, 0.3) is 0 Å². The topological polar surface area (TPSA) is 49.4 Å². The molecule has 2 aromatic carbocycles. The molecule has 0 unspecified atom stereocenters. The van der Waals surface area contributed by atoms with E-state index < -0.39 is 6.04 Å². The average Bonchev–Trinajstić information content (AvgIpc) is 2.70. The highest BCUT2D eigenvalue weighted by Gasteiger charge is 2.28. The van der Waals surface area contributed by atoms with E-state index in [4.69, 9.17) is 23.2 Å². The number of likely N-dealkylation sites (N-methyl/N-ethyl adjacent to an activating group) is 1. The number of nitrogens with one attached hydrogen (secondary N) is 1. The number of thioether (sulfide) groups is 1. The number of hydrogen-bond donors (Lipinski definition) is 1. The first-order valence-electron chi connectivity index (χ1n) is 9.03. The maximum Gasteiger partial charge on any atom is 0.242 e. The average molecular weight is 439 g/mol. The lowest BCUT2D eigenvalue weighted by Gasteiger charge is -2.30.